The van der Waals surface area contributed by atoms with Gasteiger partial charge in [0.15, 0.2) is 0 Å². The Balaban J connectivity index is 1.71. The van der Waals surface area contributed by atoms with E-state index in [0.717, 1.165) is 22.2 Å². The smallest absolute Gasteiger partial charge is 0.235 e. The zero-order valence-electron chi connectivity index (χ0n) is 16.6. The Morgan fingerprint density at radius 2 is 1.76 bits per heavy atom. The zero-order valence-corrected chi connectivity index (χ0v) is 17.4. The number of hydrogen-bond donors (Lipinski definition) is 2. The highest BCUT2D eigenvalue weighted by Crippen LogP contribution is 2.26. The number of carbonyl (C=O) groups excluding carboxylic acids is 1. The quantitative estimate of drug-likeness (QED) is 0.522. The van der Waals surface area contributed by atoms with E-state index >= 15 is 0 Å². The Morgan fingerprint density at radius 3 is 2.45 bits per heavy atom. The summed E-state index contributed by atoms with van der Waals surface area (Å²) in [7, 11) is 0. The standard InChI is InChI=1S/C22H24ClN3O3/c1-14(2)28-18-6-8-19(9-7-18)29-22-11-5-17-12-16(4-10-20(17)26-22)15(3)25-21(27)13-24-23/h4-12,14-15,24H,13H2,1-3H3,(H,25,27). The minimum atomic E-state index is -0.167. The van der Waals surface area contributed by atoms with Gasteiger partial charge in [-0.25, -0.2) is 9.82 Å². The van der Waals surface area contributed by atoms with Gasteiger partial charge in [-0.1, -0.05) is 6.07 Å². The molecule has 0 saturated heterocycles. The van der Waals surface area contributed by atoms with Crippen LogP contribution in [0, 0.1) is 0 Å². The van der Waals surface area contributed by atoms with Crippen LogP contribution in [-0.4, -0.2) is 23.5 Å². The zero-order chi connectivity index (χ0) is 20.8. The van der Waals surface area contributed by atoms with Gasteiger partial charge in [-0.15, -0.1) is 0 Å². The van der Waals surface area contributed by atoms with Gasteiger partial charge in [-0.2, -0.15) is 0 Å². The number of carbonyl (C=O) groups is 1. The Kier molecular flexibility index (Phi) is 6.90. The molecule has 1 heterocycles. The SMILES string of the molecule is CC(C)Oc1ccc(Oc2ccc3cc(C(C)NC(=O)CNCl)ccc3n2)cc1. The molecule has 0 aliphatic heterocycles. The van der Waals surface area contributed by atoms with Gasteiger partial charge >= 0.3 is 0 Å². The number of ether oxygens (including phenoxy) is 2. The summed E-state index contributed by atoms with van der Waals surface area (Å²) in [4.78, 5) is 18.6. The maximum Gasteiger partial charge on any atom is 0.235 e. The summed E-state index contributed by atoms with van der Waals surface area (Å²) < 4.78 is 11.5. The van der Waals surface area contributed by atoms with Crippen LogP contribution in [0.5, 0.6) is 17.4 Å². The summed E-state index contributed by atoms with van der Waals surface area (Å²) in [6, 6.07) is 17.0. The van der Waals surface area contributed by atoms with E-state index in [1.807, 2.05) is 75.4 Å². The van der Waals surface area contributed by atoms with Crippen LogP contribution in [-0.2, 0) is 4.79 Å². The van der Waals surface area contributed by atoms with Crippen LogP contribution in [0.1, 0.15) is 32.4 Å². The summed E-state index contributed by atoms with van der Waals surface area (Å²) in [6.45, 7) is 5.96. The molecule has 0 saturated carbocycles. The fourth-order valence-electron chi connectivity index (χ4n) is 2.87. The first kappa shape index (κ1) is 20.9. The Labute approximate surface area is 175 Å². The van der Waals surface area contributed by atoms with Crippen molar-refractivity contribution in [1.29, 1.82) is 0 Å². The lowest BCUT2D eigenvalue weighted by Crippen LogP contribution is -2.32. The van der Waals surface area contributed by atoms with Crippen LogP contribution in [0.2, 0.25) is 0 Å². The summed E-state index contributed by atoms with van der Waals surface area (Å²) in [5, 5.41) is 3.85. The maximum atomic E-state index is 11.7. The van der Waals surface area contributed by atoms with E-state index in [-0.39, 0.29) is 24.6 Å². The molecule has 7 heteroatoms. The van der Waals surface area contributed by atoms with Gasteiger partial charge in [0.2, 0.25) is 11.8 Å². The first-order valence-corrected chi connectivity index (χ1v) is 9.80. The van der Waals surface area contributed by atoms with Crippen LogP contribution in [0.15, 0.2) is 54.6 Å². The number of rotatable bonds is 8. The molecule has 6 nitrogen and oxygen atoms in total. The molecule has 0 radical (unpaired) electrons. The van der Waals surface area contributed by atoms with Crippen molar-refractivity contribution in [2.24, 2.45) is 0 Å². The molecule has 0 aliphatic carbocycles. The average Bonchev–Trinajstić information content (AvgIpc) is 2.69. The Bertz CT molecular complexity index is 977. The molecule has 0 spiro atoms. The van der Waals surface area contributed by atoms with Crippen molar-refractivity contribution in [3.05, 3.63) is 60.2 Å². The van der Waals surface area contributed by atoms with Crippen LogP contribution in [0.3, 0.4) is 0 Å². The summed E-state index contributed by atoms with van der Waals surface area (Å²) in [5.74, 6) is 1.83. The van der Waals surface area contributed by atoms with Crippen LogP contribution >= 0.6 is 11.8 Å². The molecule has 1 amide bonds. The summed E-state index contributed by atoms with van der Waals surface area (Å²) >= 11 is 5.37. The van der Waals surface area contributed by atoms with Gasteiger partial charge in [-0.05, 0) is 80.6 Å². The average molecular weight is 414 g/mol. The molecule has 1 unspecified atom stereocenters. The summed E-state index contributed by atoms with van der Waals surface area (Å²) in [5.41, 5.74) is 1.79. The lowest BCUT2D eigenvalue weighted by molar-refractivity contribution is -0.120. The number of nitrogens with one attached hydrogen (secondary N) is 2. The van der Waals surface area contributed by atoms with E-state index in [9.17, 15) is 4.79 Å². The molecule has 1 aromatic heterocycles. The highest BCUT2D eigenvalue weighted by Gasteiger charge is 2.10. The molecule has 0 fully saturated rings. The molecule has 152 valence electrons. The highest BCUT2D eigenvalue weighted by molar-refractivity contribution is 6.14. The van der Waals surface area contributed by atoms with Crippen molar-refractivity contribution in [2.45, 2.75) is 32.9 Å². The van der Waals surface area contributed by atoms with Crippen molar-refractivity contribution in [2.75, 3.05) is 6.54 Å². The van der Waals surface area contributed by atoms with Gasteiger partial charge in [-0.3, -0.25) is 4.79 Å². The van der Waals surface area contributed by atoms with Crippen molar-refractivity contribution in [1.82, 2.24) is 15.1 Å². The second kappa shape index (κ2) is 9.58. The molecule has 0 bridgehead atoms. The van der Waals surface area contributed by atoms with Crippen molar-refractivity contribution >= 4 is 28.6 Å². The predicted molar refractivity (Wildman–Crippen MR) is 114 cm³/mol. The molecule has 3 rings (SSSR count). The number of pyridine rings is 1. The van der Waals surface area contributed by atoms with Crippen LogP contribution < -0.4 is 19.6 Å². The monoisotopic (exact) mass is 413 g/mol. The number of fused-ring (bicyclic) bond motifs is 1. The lowest BCUT2D eigenvalue weighted by atomic mass is 10.1. The Morgan fingerprint density at radius 1 is 1.03 bits per heavy atom. The van der Waals surface area contributed by atoms with Gasteiger partial charge in [0.1, 0.15) is 11.5 Å². The third-order valence-electron chi connectivity index (χ3n) is 4.21. The van der Waals surface area contributed by atoms with E-state index < -0.39 is 0 Å². The molecule has 1 atom stereocenters. The van der Waals surface area contributed by atoms with E-state index in [1.54, 1.807) is 0 Å². The first-order valence-electron chi connectivity index (χ1n) is 9.42. The van der Waals surface area contributed by atoms with E-state index in [4.69, 9.17) is 21.3 Å². The first-order chi connectivity index (χ1) is 13.9. The number of aromatic nitrogens is 1. The van der Waals surface area contributed by atoms with Gasteiger partial charge in [0.25, 0.3) is 0 Å². The molecule has 3 aromatic rings. The number of hydrogen-bond acceptors (Lipinski definition) is 5. The van der Waals surface area contributed by atoms with Crippen molar-refractivity contribution < 1.29 is 14.3 Å². The third kappa shape index (κ3) is 5.82. The second-order valence-corrected chi connectivity index (χ2v) is 7.21. The molecule has 2 aromatic carbocycles. The van der Waals surface area contributed by atoms with E-state index in [1.165, 1.54) is 0 Å². The van der Waals surface area contributed by atoms with E-state index in [0.29, 0.717) is 11.6 Å². The normalized spacial score (nSPS) is 12.0. The fourth-order valence-corrected chi connectivity index (χ4v) is 2.99. The van der Waals surface area contributed by atoms with Gasteiger partial charge < -0.3 is 14.8 Å². The topological polar surface area (TPSA) is 72.5 Å². The largest absolute Gasteiger partial charge is 0.491 e. The van der Waals surface area contributed by atoms with E-state index in [2.05, 4.69) is 15.1 Å². The molecular formula is C22H24ClN3O3. The molecule has 29 heavy (non-hydrogen) atoms. The fraction of sp³-hybridized carbons (Fsp3) is 0.273. The second-order valence-electron chi connectivity index (χ2n) is 6.94. The predicted octanol–water partition coefficient (Wildman–Crippen LogP) is 4.73. The summed E-state index contributed by atoms with van der Waals surface area (Å²) in [6.07, 6.45) is 0.127. The number of amides is 1. The minimum absolute atomic E-state index is 0.0618. The maximum absolute atomic E-state index is 11.7. The molecule has 2 N–H and O–H groups in total. The third-order valence-corrected chi connectivity index (χ3v) is 4.34. The molecule has 0 aliphatic rings. The lowest BCUT2D eigenvalue weighted by Gasteiger charge is -2.15. The van der Waals surface area contributed by atoms with Gasteiger partial charge in [0, 0.05) is 11.5 Å². The van der Waals surface area contributed by atoms with Crippen LogP contribution in [0.4, 0.5) is 0 Å². The number of nitrogens with zero attached hydrogens (tertiary/aromatic N) is 1. The van der Waals surface area contributed by atoms with Crippen LogP contribution in [0.25, 0.3) is 10.9 Å². The highest BCUT2D eigenvalue weighted by atomic mass is 35.5. The van der Waals surface area contributed by atoms with Gasteiger partial charge in [0.05, 0.1) is 24.2 Å². The number of halogens is 1. The minimum Gasteiger partial charge on any atom is -0.491 e. The van der Waals surface area contributed by atoms with Crippen molar-refractivity contribution in [3.63, 3.8) is 0 Å². The molecular weight excluding hydrogens is 390 g/mol. The Hall–Kier alpha value is -2.83. The van der Waals surface area contributed by atoms with Crippen molar-refractivity contribution in [3.8, 4) is 17.4 Å². The number of benzene rings is 2.